The van der Waals surface area contributed by atoms with Gasteiger partial charge in [-0.15, -0.1) is 0 Å². The Morgan fingerprint density at radius 1 is 1.32 bits per heavy atom. The second-order valence-corrected chi connectivity index (χ2v) is 6.84. The van der Waals surface area contributed by atoms with Gasteiger partial charge in [0.2, 0.25) is 5.91 Å². The molecule has 0 saturated heterocycles. The van der Waals surface area contributed by atoms with Crippen molar-refractivity contribution in [2.45, 2.75) is 51.5 Å². The van der Waals surface area contributed by atoms with Gasteiger partial charge in [-0.1, -0.05) is 37.1 Å². The summed E-state index contributed by atoms with van der Waals surface area (Å²) < 4.78 is 0. The maximum absolute atomic E-state index is 12.5. The zero-order valence-electron chi connectivity index (χ0n) is 13.0. The summed E-state index contributed by atoms with van der Waals surface area (Å²) in [6.07, 6.45) is 5.65. The number of hydrogen-bond donors (Lipinski definition) is 2. The SMILES string of the molecule is Cc1ccccc1C(CC(=O)O)NC(=O)C1CC12CCCC2. The zero-order valence-corrected chi connectivity index (χ0v) is 13.0. The van der Waals surface area contributed by atoms with Gasteiger partial charge in [-0.3, -0.25) is 9.59 Å². The quantitative estimate of drug-likeness (QED) is 0.877. The van der Waals surface area contributed by atoms with Crippen LogP contribution in [0.25, 0.3) is 0 Å². The minimum atomic E-state index is -0.889. The average Bonchev–Trinajstić information content (AvgIpc) is 2.96. The van der Waals surface area contributed by atoms with E-state index in [0.29, 0.717) is 0 Å². The first-order chi connectivity index (χ1) is 10.5. The lowest BCUT2D eigenvalue weighted by Crippen LogP contribution is -2.33. The molecular formula is C18H23NO3. The van der Waals surface area contributed by atoms with Crippen molar-refractivity contribution in [2.75, 3.05) is 0 Å². The first kappa shape index (κ1) is 15.1. The molecular weight excluding hydrogens is 278 g/mol. The van der Waals surface area contributed by atoms with Gasteiger partial charge >= 0.3 is 5.97 Å². The van der Waals surface area contributed by atoms with Crippen molar-refractivity contribution in [3.63, 3.8) is 0 Å². The molecule has 1 amide bonds. The number of carboxylic acid groups (broad SMARTS) is 1. The fraction of sp³-hybridized carbons (Fsp3) is 0.556. The van der Waals surface area contributed by atoms with Crippen LogP contribution in [0.15, 0.2) is 24.3 Å². The molecule has 0 aromatic heterocycles. The first-order valence-electron chi connectivity index (χ1n) is 8.09. The van der Waals surface area contributed by atoms with E-state index in [1.54, 1.807) is 0 Å². The molecule has 22 heavy (non-hydrogen) atoms. The van der Waals surface area contributed by atoms with E-state index in [2.05, 4.69) is 5.32 Å². The largest absolute Gasteiger partial charge is 0.481 e. The Balaban J connectivity index is 1.72. The second-order valence-electron chi connectivity index (χ2n) is 6.84. The Morgan fingerprint density at radius 2 is 2.00 bits per heavy atom. The topological polar surface area (TPSA) is 66.4 Å². The third-order valence-corrected chi connectivity index (χ3v) is 5.36. The van der Waals surface area contributed by atoms with Crippen molar-refractivity contribution in [3.05, 3.63) is 35.4 Å². The molecule has 2 atom stereocenters. The molecule has 2 unspecified atom stereocenters. The number of carbonyl (C=O) groups excluding carboxylic acids is 1. The average molecular weight is 301 g/mol. The number of hydrogen-bond acceptors (Lipinski definition) is 2. The molecule has 2 N–H and O–H groups in total. The van der Waals surface area contributed by atoms with Crippen molar-refractivity contribution in [3.8, 4) is 0 Å². The van der Waals surface area contributed by atoms with Crippen LogP contribution in [0.4, 0.5) is 0 Å². The molecule has 4 heteroatoms. The third-order valence-electron chi connectivity index (χ3n) is 5.36. The number of aryl methyl sites for hydroxylation is 1. The molecule has 0 radical (unpaired) electrons. The maximum Gasteiger partial charge on any atom is 0.305 e. The Hall–Kier alpha value is -1.84. The van der Waals surface area contributed by atoms with Crippen LogP contribution in [0.5, 0.6) is 0 Å². The number of benzene rings is 1. The van der Waals surface area contributed by atoms with Gasteiger partial charge in [-0.2, -0.15) is 0 Å². The normalized spacial score (nSPS) is 23.2. The summed E-state index contributed by atoms with van der Waals surface area (Å²) >= 11 is 0. The van der Waals surface area contributed by atoms with E-state index in [1.807, 2.05) is 31.2 Å². The molecule has 4 nitrogen and oxygen atoms in total. The van der Waals surface area contributed by atoms with Gasteiger partial charge in [0.15, 0.2) is 0 Å². The number of amides is 1. The van der Waals surface area contributed by atoms with Gasteiger partial charge in [-0.05, 0) is 42.7 Å². The van der Waals surface area contributed by atoms with Crippen LogP contribution in [0, 0.1) is 18.3 Å². The van der Waals surface area contributed by atoms with Crippen molar-refractivity contribution in [1.82, 2.24) is 5.32 Å². The minimum Gasteiger partial charge on any atom is -0.481 e. The number of carboxylic acids is 1. The van der Waals surface area contributed by atoms with E-state index in [-0.39, 0.29) is 23.7 Å². The van der Waals surface area contributed by atoms with Crippen LogP contribution in [-0.2, 0) is 9.59 Å². The zero-order chi connectivity index (χ0) is 15.7. The second kappa shape index (κ2) is 5.75. The molecule has 2 saturated carbocycles. The van der Waals surface area contributed by atoms with Crippen LogP contribution >= 0.6 is 0 Å². The number of nitrogens with one attached hydrogen (secondary N) is 1. The summed E-state index contributed by atoms with van der Waals surface area (Å²) in [6.45, 7) is 1.95. The molecule has 1 spiro atoms. The highest BCUT2D eigenvalue weighted by Crippen LogP contribution is 2.62. The molecule has 2 aliphatic rings. The lowest BCUT2D eigenvalue weighted by molar-refractivity contribution is -0.137. The minimum absolute atomic E-state index is 0.0383. The number of carbonyl (C=O) groups is 2. The highest BCUT2D eigenvalue weighted by Gasteiger charge is 2.58. The fourth-order valence-electron chi connectivity index (χ4n) is 4.01. The summed E-state index contributed by atoms with van der Waals surface area (Å²) in [7, 11) is 0. The summed E-state index contributed by atoms with van der Waals surface area (Å²) in [4.78, 5) is 23.7. The van der Waals surface area contributed by atoms with Gasteiger partial charge in [-0.25, -0.2) is 0 Å². The van der Waals surface area contributed by atoms with Crippen molar-refractivity contribution in [1.29, 1.82) is 0 Å². The maximum atomic E-state index is 12.5. The molecule has 1 aromatic rings. The van der Waals surface area contributed by atoms with Crippen LogP contribution in [0.3, 0.4) is 0 Å². The van der Waals surface area contributed by atoms with Gasteiger partial charge in [0.25, 0.3) is 0 Å². The number of rotatable bonds is 5. The van der Waals surface area contributed by atoms with Crippen molar-refractivity contribution in [2.24, 2.45) is 11.3 Å². The molecule has 118 valence electrons. The Kier molecular flexibility index (Phi) is 3.94. The van der Waals surface area contributed by atoms with Crippen LogP contribution in [-0.4, -0.2) is 17.0 Å². The predicted octanol–water partition coefficient (Wildman–Crippen LogP) is 3.21. The monoisotopic (exact) mass is 301 g/mol. The summed E-state index contributed by atoms with van der Waals surface area (Å²) in [5, 5.41) is 12.2. The molecule has 1 aromatic carbocycles. The van der Waals surface area contributed by atoms with Gasteiger partial charge in [0, 0.05) is 5.92 Å². The van der Waals surface area contributed by atoms with Crippen molar-refractivity contribution >= 4 is 11.9 Å². The predicted molar refractivity (Wildman–Crippen MR) is 83.3 cm³/mol. The van der Waals surface area contributed by atoms with Gasteiger partial charge in [0.1, 0.15) is 0 Å². The van der Waals surface area contributed by atoms with Crippen molar-refractivity contribution < 1.29 is 14.7 Å². The first-order valence-corrected chi connectivity index (χ1v) is 8.09. The smallest absolute Gasteiger partial charge is 0.305 e. The van der Waals surface area contributed by atoms with Crippen LogP contribution in [0.2, 0.25) is 0 Å². The Bertz CT molecular complexity index is 590. The molecule has 3 rings (SSSR count). The fourth-order valence-corrected chi connectivity index (χ4v) is 4.01. The van der Waals surface area contributed by atoms with E-state index in [1.165, 1.54) is 12.8 Å². The summed E-state index contributed by atoms with van der Waals surface area (Å²) in [6, 6.07) is 7.23. The highest BCUT2D eigenvalue weighted by atomic mass is 16.4. The van der Waals surface area contributed by atoms with Crippen LogP contribution in [0.1, 0.15) is 55.7 Å². The third kappa shape index (κ3) is 2.87. The summed E-state index contributed by atoms with van der Waals surface area (Å²) in [5.74, 6) is -0.758. The molecule has 2 fully saturated rings. The summed E-state index contributed by atoms with van der Waals surface area (Å²) in [5.41, 5.74) is 2.16. The van der Waals surface area contributed by atoms with Gasteiger partial charge in [0.05, 0.1) is 12.5 Å². The Labute approximate surface area is 130 Å². The van der Waals surface area contributed by atoms with Crippen LogP contribution < -0.4 is 5.32 Å². The van der Waals surface area contributed by atoms with Gasteiger partial charge < -0.3 is 10.4 Å². The molecule has 2 aliphatic carbocycles. The lowest BCUT2D eigenvalue weighted by atomic mass is 9.97. The standard InChI is InChI=1S/C18H23NO3/c1-12-6-2-3-7-13(12)15(10-16(20)21)19-17(22)14-11-18(14)8-4-5-9-18/h2-3,6-7,14-15H,4-5,8-11H2,1H3,(H,19,22)(H,20,21). The Morgan fingerprint density at radius 3 is 2.64 bits per heavy atom. The molecule has 0 heterocycles. The van der Waals surface area contributed by atoms with E-state index in [9.17, 15) is 9.59 Å². The lowest BCUT2D eigenvalue weighted by Gasteiger charge is -2.20. The number of aliphatic carboxylic acids is 1. The molecule has 0 aliphatic heterocycles. The van der Waals surface area contributed by atoms with E-state index >= 15 is 0 Å². The van der Waals surface area contributed by atoms with E-state index < -0.39 is 12.0 Å². The highest BCUT2D eigenvalue weighted by molar-refractivity contribution is 5.83. The van der Waals surface area contributed by atoms with E-state index in [4.69, 9.17) is 5.11 Å². The molecule has 0 bridgehead atoms. The van der Waals surface area contributed by atoms with E-state index in [0.717, 1.165) is 30.4 Å².